The molecule has 0 aliphatic carbocycles. The number of rotatable bonds is 4. The molecule has 0 aromatic heterocycles. The van der Waals surface area contributed by atoms with Crippen molar-refractivity contribution in [1.82, 2.24) is 0 Å². The quantitative estimate of drug-likeness (QED) is 0.367. The zero-order valence-electron chi connectivity index (χ0n) is 9.21. The number of ether oxygens (including phenoxy) is 1. The lowest BCUT2D eigenvalue weighted by molar-refractivity contribution is 0.0693. The summed E-state index contributed by atoms with van der Waals surface area (Å²) in [7, 11) is 0. The number of hydrogen-bond donors (Lipinski definition) is 4. The Morgan fingerprint density at radius 1 is 1.39 bits per heavy atom. The van der Waals surface area contributed by atoms with Crippen LogP contribution in [0.15, 0.2) is 24.8 Å². The van der Waals surface area contributed by atoms with Crippen molar-refractivity contribution in [3.05, 3.63) is 30.4 Å². The number of carboxylic acids is 1. The van der Waals surface area contributed by atoms with Crippen molar-refractivity contribution < 1.29 is 29.6 Å². The van der Waals surface area contributed by atoms with Crippen LogP contribution in [0, 0.1) is 0 Å². The molecule has 0 aliphatic heterocycles. The van der Waals surface area contributed by atoms with Crippen molar-refractivity contribution in [2.75, 3.05) is 11.9 Å². The van der Waals surface area contributed by atoms with Crippen molar-refractivity contribution in [2.24, 2.45) is 0 Å². The molecule has 0 aliphatic rings. The predicted molar refractivity (Wildman–Crippen MR) is 61.9 cm³/mol. The molecule has 0 spiro atoms. The van der Waals surface area contributed by atoms with E-state index in [1.54, 1.807) is 0 Å². The van der Waals surface area contributed by atoms with Gasteiger partial charge in [0, 0.05) is 11.8 Å². The van der Waals surface area contributed by atoms with E-state index in [9.17, 15) is 19.8 Å². The van der Waals surface area contributed by atoms with E-state index < -0.39 is 29.1 Å². The Morgan fingerprint density at radius 2 is 2.06 bits per heavy atom. The summed E-state index contributed by atoms with van der Waals surface area (Å²) < 4.78 is 4.61. The van der Waals surface area contributed by atoms with Crippen molar-refractivity contribution in [3.8, 4) is 11.5 Å². The molecule has 1 aromatic carbocycles. The number of benzene rings is 1. The van der Waals surface area contributed by atoms with Gasteiger partial charge in [-0.1, -0.05) is 12.7 Å². The first-order valence-corrected chi connectivity index (χ1v) is 4.79. The predicted octanol–water partition coefficient (Wildman–Crippen LogP) is 1.53. The summed E-state index contributed by atoms with van der Waals surface area (Å²) >= 11 is 0. The van der Waals surface area contributed by atoms with E-state index in [2.05, 4.69) is 16.6 Å². The van der Waals surface area contributed by atoms with Crippen molar-refractivity contribution in [2.45, 2.75) is 0 Å². The van der Waals surface area contributed by atoms with Gasteiger partial charge in [0.25, 0.3) is 0 Å². The highest BCUT2D eigenvalue weighted by molar-refractivity contribution is 5.95. The molecule has 0 saturated heterocycles. The summed E-state index contributed by atoms with van der Waals surface area (Å²) in [5.74, 6) is -2.87. The number of amides is 1. The molecule has 1 aromatic rings. The lowest BCUT2D eigenvalue weighted by Crippen LogP contribution is -2.14. The maximum Gasteiger partial charge on any atom is 0.411 e. The zero-order chi connectivity index (χ0) is 13.7. The molecule has 7 heteroatoms. The van der Waals surface area contributed by atoms with E-state index in [-0.39, 0.29) is 12.3 Å². The molecule has 0 atom stereocenters. The fourth-order valence-corrected chi connectivity index (χ4v) is 1.14. The number of nitrogens with one attached hydrogen (secondary N) is 1. The van der Waals surface area contributed by atoms with Gasteiger partial charge in [-0.3, -0.25) is 5.32 Å². The normalized spacial score (nSPS) is 9.56. The third-order valence-corrected chi connectivity index (χ3v) is 1.90. The molecular weight excluding hydrogens is 242 g/mol. The van der Waals surface area contributed by atoms with Crippen molar-refractivity contribution >= 4 is 17.7 Å². The van der Waals surface area contributed by atoms with Gasteiger partial charge in [-0.05, 0) is 6.07 Å². The number of phenols is 2. The molecule has 7 nitrogen and oxygen atoms in total. The van der Waals surface area contributed by atoms with Crippen molar-refractivity contribution in [3.63, 3.8) is 0 Å². The first kappa shape index (κ1) is 13.4. The average molecular weight is 253 g/mol. The molecule has 96 valence electrons. The Hall–Kier alpha value is -2.70. The number of carbonyl (C=O) groups excluding carboxylic acids is 1. The third-order valence-electron chi connectivity index (χ3n) is 1.90. The van der Waals surface area contributed by atoms with E-state index in [4.69, 9.17) is 5.11 Å². The number of hydrogen-bond acceptors (Lipinski definition) is 5. The van der Waals surface area contributed by atoms with Crippen LogP contribution in [0.25, 0.3) is 0 Å². The van der Waals surface area contributed by atoms with Gasteiger partial charge in [-0.15, -0.1) is 0 Å². The lowest BCUT2D eigenvalue weighted by atomic mass is 10.1. The Labute approximate surface area is 102 Å². The van der Waals surface area contributed by atoms with Gasteiger partial charge in [0.15, 0.2) is 11.5 Å². The summed E-state index contributed by atoms with van der Waals surface area (Å²) in [6, 6.07) is 1.99. The molecule has 1 rings (SSSR count). The summed E-state index contributed by atoms with van der Waals surface area (Å²) in [6.45, 7) is 3.33. The summed E-state index contributed by atoms with van der Waals surface area (Å²) in [6.07, 6.45) is 0.521. The van der Waals surface area contributed by atoms with Gasteiger partial charge in [-0.25, -0.2) is 9.59 Å². The van der Waals surface area contributed by atoms with Gasteiger partial charge in [-0.2, -0.15) is 0 Å². The first-order valence-electron chi connectivity index (χ1n) is 4.79. The van der Waals surface area contributed by atoms with Gasteiger partial charge < -0.3 is 20.1 Å². The number of carboxylic acid groups (broad SMARTS) is 1. The molecule has 0 fully saturated rings. The minimum absolute atomic E-state index is 0.0122. The fraction of sp³-hybridized carbons (Fsp3) is 0.0909. The van der Waals surface area contributed by atoms with Gasteiger partial charge in [0.2, 0.25) is 0 Å². The average Bonchev–Trinajstić information content (AvgIpc) is 2.30. The molecule has 0 heterocycles. The molecule has 18 heavy (non-hydrogen) atoms. The smallest absolute Gasteiger partial charge is 0.411 e. The summed E-state index contributed by atoms with van der Waals surface area (Å²) in [5.41, 5.74) is -0.550. The molecule has 0 radical (unpaired) electrons. The van der Waals surface area contributed by atoms with Gasteiger partial charge in [0.05, 0.1) is 0 Å². The van der Waals surface area contributed by atoms with Crippen LogP contribution in [0.5, 0.6) is 11.5 Å². The Morgan fingerprint density at radius 3 is 2.61 bits per heavy atom. The SMILES string of the molecule is C=CCOC(=O)Nc1cc(O)c(O)c(C(=O)O)c1. The molecule has 0 bridgehead atoms. The van der Waals surface area contributed by atoms with E-state index in [1.165, 1.54) is 6.08 Å². The molecule has 0 unspecified atom stereocenters. The fourth-order valence-electron chi connectivity index (χ4n) is 1.14. The number of phenolic OH excluding ortho intramolecular Hbond substituents is 1. The van der Waals surface area contributed by atoms with Crippen LogP contribution in [0.2, 0.25) is 0 Å². The van der Waals surface area contributed by atoms with E-state index in [1.807, 2.05) is 0 Å². The number of aromatic hydroxyl groups is 2. The molecule has 4 N–H and O–H groups in total. The maximum absolute atomic E-state index is 11.2. The standard InChI is InChI=1S/C11H11NO6/c1-2-3-18-11(17)12-6-4-7(10(15)16)9(14)8(13)5-6/h2,4-5,13-14H,1,3H2,(H,12,17)(H,15,16). The Balaban J connectivity index is 2.94. The second-order valence-electron chi connectivity index (χ2n) is 3.21. The third kappa shape index (κ3) is 3.14. The van der Waals surface area contributed by atoms with Crippen molar-refractivity contribution in [1.29, 1.82) is 0 Å². The van der Waals surface area contributed by atoms with E-state index in [0.717, 1.165) is 12.1 Å². The Bertz CT molecular complexity index is 497. The number of carbonyl (C=O) groups is 2. The van der Waals surface area contributed by atoms with E-state index >= 15 is 0 Å². The zero-order valence-corrected chi connectivity index (χ0v) is 9.21. The Kier molecular flexibility index (Phi) is 4.14. The topological polar surface area (TPSA) is 116 Å². The van der Waals surface area contributed by atoms with Gasteiger partial charge >= 0.3 is 12.1 Å². The highest BCUT2D eigenvalue weighted by atomic mass is 16.5. The minimum Gasteiger partial charge on any atom is -0.504 e. The second kappa shape index (κ2) is 5.58. The summed E-state index contributed by atoms with van der Waals surface area (Å²) in [4.78, 5) is 21.9. The summed E-state index contributed by atoms with van der Waals surface area (Å²) in [5, 5.41) is 29.5. The molecular formula is C11H11NO6. The highest BCUT2D eigenvalue weighted by Gasteiger charge is 2.16. The van der Waals surface area contributed by atoms with Crippen LogP contribution in [0.4, 0.5) is 10.5 Å². The van der Waals surface area contributed by atoms with Crippen LogP contribution in [0.3, 0.4) is 0 Å². The maximum atomic E-state index is 11.2. The minimum atomic E-state index is -1.44. The number of anilines is 1. The molecule has 0 saturated carbocycles. The van der Waals surface area contributed by atoms with Gasteiger partial charge in [0.1, 0.15) is 12.2 Å². The first-order chi connectivity index (χ1) is 8.45. The van der Waals surface area contributed by atoms with Crippen LogP contribution >= 0.6 is 0 Å². The van der Waals surface area contributed by atoms with E-state index in [0.29, 0.717) is 0 Å². The largest absolute Gasteiger partial charge is 0.504 e. The molecule has 1 amide bonds. The second-order valence-corrected chi connectivity index (χ2v) is 3.21. The van der Waals surface area contributed by atoms with Crippen LogP contribution in [-0.4, -0.2) is 34.0 Å². The van der Waals surface area contributed by atoms with Crippen LogP contribution in [0.1, 0.15) is 10.4 Å². The highest BCUT2D eigenvalue weighted by Crippen LogP contribution is 2.32. The monoisotopic (exact) mass is 253 g/mol. The van der Waals surface area contributed by atoms with Crippen LogP contribution in [-0.2, 0) is 4.74 Å². The lowest BCUT2D eigenvalue weighted by Gasteiger charge is -2.08. The van der Waals surface area contributed by atoms with Crippen LogP contribution < -0.4 is 5.32 Å². The number of aromatic carboxylic acids is 1.